The van der Waals surface area contributed by atoms with E-state index in [0.717, 1.165) is 19.0 Å². The molecule has 1 heterocycles. The lowest BCUT2D eigenvalue weighted by Gasteiger charge is -2.35. The molecular weight excluding hydrogens is 244 g/mol. The van der Waals surface area contributed by atoms with E-state index < -0.39 is 0 Å². The van der Waals surface area contributed by atoms with E-state index in [1.807, 2.05) is 0 Å². The molecule has 0 aromatic carbocycles. The van der Waals surface area contributed by atoms with E-state index in [2.05, 4.69) is 51.8 Å². The fourth-order valence-corrected chi connectivity index (χ4v) is 3.49. The molecule has 0 aliphatic carbocycles. The molecular formula is C18H38N2. The van der Waals surface area contributed by atoms with E-state index in [1.165, 1.54) is 45.3 Å². The first kappa shape index (κ1) is 18.0. The molecule has 0 aromatic heterocycles. The van der Waals surface area contributed by atoms with Gasteiger partial charge in [0.2, 0.25) is 0 Å². The molecule has 2 nitrogen and oxygen atoms in total. The quantitative estimate of drug-likeness (QED) is 0.683. The maximum Gasteiger partial charge on any atom is 0.00476 e. The Kier molecular flexibility index (Phi) is 7.00. The Morgan fingerprint density at radius 3 is 2.30 bits per heavy atom. The van der Waals surface area contributed by atoms with Gasteiger partial charge >= 0.3 is 0 Å². The topological polar surface area (TPSA) is 15.3 Å². The van der Waals surface area contributed by atoms with E-state index in [0.29, 0.717) is 10.8 Å². The van der Waals surface area contributed by atoms with Gasteiger partial charge in [-0.1, -0.05) is 41.5 Å². The summed E-state index contributed by atoms with van der Waals surface area (Å²) in [5.74, 6) is 0.746. The van der Waals surface area contributed by atoms with Gasteiger partial charge in [-0.3, -0.25) is 0 Å². The molecule has 0 radical (unpaired) electrons. The van der Waals surface area contributed by atoms with Crippen LogP contribution >= 0.6 is 0 Å². The number of nitrogens with one attached hydrogen (secondary N) is 1. The van der Waals surface area contributed by atoms with Crippen LogP contribution in [-0.4, -0.2) is 37.6 Å². The molecule has 20 heavy (non-hydrogen) atoms. The predicted octanol–water partition coefficient (Wildman–Crippen LogP) is 4.16. The molecule has 1 aliphatic heterocycles. The summed E-state index contributed by atoms with van der Waals surface area (Å²) in [6.07, 6.45) is 5.35. The summed E-state index contributed by atoms with van der Waals surface area (Å²) in [4.78, 5) is 2.73. The second-order valence-electron chi connectivity index (χ2n) is 7.86. The first-order chi connectivity index (χ1) is 9.38. The van der Waals surface area contributed by atoms with Crippen molar-refractivity contribution in [3.63, 3.8) is 0 Å². The van der Waals surface area contributed by atoms with E-state index in [-0.39, 0.29) is 0 Å². The van der Waals surface area contributed by atoms with Gasteiger partial charge in [0.1, 0.15) is 0 Å². The fraction of sp³-hybridized carbons (Fsp3) is 1.00. The van der Waals surface area contributed by atoms with Gasteiger partial charge in [-0.2, -0.15) is 0 Å². The van der Waals surface area contributed by atoms with Gasteiger partial charge < -0.3 is 10.2 Å². The molecule has 0 spiro atoms. The van der Waals surface area contributed by atoms with Crippen molar-refractivity contribution in [3.05, 3.63) is 0 Å². The highest BCUT2D eigenvalue weighted by molar-refractivity contribution is 4.91. The Morgan fingerprint density at radius 2 is 1.85 bits per heavy atom. The van der Waals surface area contributed by atoms with Crippen molar-refractivity contribution in [2.24, 2.45) is 16.7 Å². The molecule has 1 aliphatic rings. The molecule has 120 valence electrons. The van der Waals surface area contributed by atoms with Crippen LogP contribution in [0.25, 0.3) is 0 Å². The lowest BCUT2D eigenvalue weighted by Crippen LogP contribution is -2.42. The molecule has 1 saturated heterocycles. The van der Waals surface area contributed by atoms with Crippen molar-refractivity contribution < 1.29 is 0 Å². The smallest absolute Gasteiger partial charge is 0.00476 e. The maximum atomic E-state index is 3.67. The largest absolute Gasteiger partial charge is 0.316 e. The third-order valence-electron chi connectivity index (χ3n) is 5.58. The predicted molar refractivity (Wildman–Crippen MR) is 90.2 cm³/mol. The number of hydrogen-bond acceptors (Lipinski definition) is 2. The summed E-state index contributed by atoms with van der Waals surface area (Å²) < 4.78 is 0. The summed E-state index contributed by atoms with van der Waals surface area (Å²) in [7, 11) is 0. The Balaban J connectivity index is 2.48. The summed E-state index contributed by atoms with van der Waals surface area (Å²) in [5.41, 5.74) is 1.03. The van der Waals surface area contributed by atoms with Crippen molar-refractivity contribution in [2.75, 3.05) is 32.7 Å². The highest BCUT2D eigenvalue weighted by Crippen LogP contribution is 2.38. The number of rotatable bonds is 9. The molecule has 0 bridgehead atoms. The van der Waals surface area contributed by atoms with E-state index in [4.69, 9.17) is 0 Å². The lowest BCUT2D eigenvalue weighted by atomic mass is 9.81. The highest BCUT2D eigenvalue weighted by Gasteiger charge is 2.37. The molecule has 0 aromatic rings. The van der Waals surface area contributed by atoms with Crippen molar-refractivity contribution in [1.29, 1.82) is 0 Å². The molecule has 1 fully saturated rings. The third kappa shape index (κ3) is 5.04. The van der Waals surface area contributed by atoms with Crippen LogP contribution in [0.1, 0.15) is 67.2 Å². The molecule has 2 heteroatoms. The zero-order chi connectivity index (χ0) is 15.2. The van der Waals surface area contributed by atoms with Crippen molar-refractivity contribution in [3.8, 4) is 0 Å². The number of likely N-dealkylation sites (tertiary alicyclic amines) is 1. The van der Waals surface area contributed by atoms with Gasteiger partial charge in [0.25, 0.3) is 0 Å². The zero-order valence-electron chi connectivity index (χ0n) is 14.9. The Labute approximate surface area is 127 Å². The summed E-state index contributed by atoms with van der Waals surface area (Å²) in [6, 6.07) is 0. The Morgan fingerprint density at radius 1 is 1.20 bits per heavy atom. The van der Waals surface area contributed by atoms with Gasteiger partial charge in [0, 0.05) is 19.6 Å². The second-order valence-corrected chi connectivity index (χ2v) is 7.86. The molecule has 1 N–H and O–H groups in total. The van der Waals surface area contributed by atoms with Crippen LogP contribution in [0.3, 0.4) is 0 Å². The van der Waals surface area contributed by atoms with E-state index in [1.54, 1.807) is 0 Å². The van der Waals surface area contributed by atoms with Gasteiger partial charge in [-0.25, -0.2) is 0 Å². The lowest BCUT2D eigenvalue weighted by molar-refractivity contribution is 0.157. The second kappa shape index (κ2) is 7.79. The van der Waals surface area contributed by atoms with Crippen LogP contribution in [0, 0.1) is 16.7 Å². The van der Waals surface area contributed by atoms with Crippen molar-refractivity contribution in [1.82, 2.24) is 10.2 Å². The van der Waals surface area contributed by atoms with Crippen LogP contribution < -0.4 is 5.32 Å². The maximum absolute atomic E-state index is 3.67. The van der Waals surface area contributed by atoms with Crippen LogP contribution in [0.2, 0.25) is 0 Å². The summed E-state index contributed by atoms with van der Waals surface area (Å²) in [6.45, 7) is 20.3. The standard InChI is InChI=1S/C18H38N2/c1-7-17(6,13-19-12-16(4)5)14-20-11-10-18(8-2,9-3)15-20/h16,19H,7-15H2,1-6H3. The number of nitrogens with zero attached hydrogens (tertiary/aromatic N) is 1. The minimum absolute atomic E-state index is 0.423. The third-order valence-corrected chi connectivity index (χ3v) is 5.58. The molecule has 1 rings (SSSR count). The minimum atomic E-state index is 0.423. The van der Waals surface area contributed by atoms with Crippen molar-refractivity contribution >= 4 is 0 Å². The minimum Gasteiger partial charge on any atom is -0.316 e. The molecule has 1 unspecified atom stereocenters. The SMILES string of the molecule is CCC(C)(CNCC(C)C)CN1CCC(CC)(CC)C1. The first-order valence-electron chi connectivity index (χ1n) is 8.81. The summed E-state index contributed by atoms with van der Waals surface area (Å²) >= 11 is 0. The normalized spacial score (nSPS) is 22.4. The zero-order valence-corrected chi connectivity index (χ0v) is 14.9. The average Bonchev–Trinajstić information content (AvgIpc) is 2.82. The van der Waals surface area contributed by atoms with Crippen LogP contribution in [0.4, 0.5) is 0 Å². The van der Waals surface area contributed by atoms with Crippen LogP contribution in [0.15, 0.2) is 0 Å². The Bertz CT molecular complexity index is 271. The summed E-state index contributed by atoms with van der Waals surface area (Å²) in [5, 5.41) is 3.67. The van der Waals surface area contributed by atoms with Crippen molar-refractivity contribution in [2.45, 2.75) is 67.2 Å². The van der Waals surface area contributed by atoms with Crippen LogP contribution in [-0.2, 0) is 0 Å². The molecule has 0 saturated carbocycles. The number of hydrogen-bond donors (Lipinski definition) is 1. The monoisotopic (exact) mass is 282 g/mol. The molecule has 1 atom stereocenters. The highest BCUT2D eigenvalue weighted by atomic mass is 15.2. The average molecular weight is 283 g/mol. The molecule has 0 amide bonds. The van der Waals surface area contributed by atoms with Gasteiger partial charge in [0.05, 0.1) is 0 Å². The first-order valence-corrected chi connectivity index (χ1v) is 8.81. The van der Waals surface area contributed by atoms with Crippen LogP contribution in [0.5, 0.6) is 0 Å². The van der Waals surface area contributed by atoms with Gasteiger partial charge in [-0.15, -0.1) is 0 Å². The Hall–Kier alpha value is -0.0800. The fourth-order valence-electron chi connectivity index (χ4n) is 3.49. The van der Waals surface area contributed by atoms with Gasteiger partial charge in [-0.05, 0) is 55.5 Å². The van der Waals surface area contributed by atoms with E-state index in [9.17, 15) is 0 Å². The van der Waals surface area contributed by atoms with E-state index >= 15 is 0 Å². The van der Waals surface area contributed by atoms with Gasteiger partial charge in [0.15, 0.2) is 0 Å².